The van der Waals surface area contributed by atoms with Crippen LogP contribution < -0.4 is 4.57 Å². The lowest BCUT2D eigenvalue weighted by molar-refractivity contribution is -0.660. The number of nitrogens with zero attached hydrogens (tertiary/aromatic N) is 1. The molecule has 0 aliphatic carbocycles. The van der Waals surface area contributed by atoms with Gasteiger partial charge in [0.15, 0.2) is 6.20 Å². The van der Waals surface area contributed by atoms with Crippen LogP contribution in [0.2, 0.25) is 0 Å². The van der Waals surface area contributed by atoms with E-state index in [1.54, 1.807) is 23.5 Å². The molecule has 2 aromatic carbocycles. The van der Waals surface area contributed by atoms with Crippen LogP contribution in [0.4, 0.5) is 4.39 Å². The minimum atomic E-state index is -0.177. The Bertz CT molecular complexity index is 1060. The Labute approximate surface area is 138 Å². The second-order valence-electron chi connectivity index (χ2n) is 6.08. The topological polar surface area (TPSA) is 3.88 Å². The minimum absolute atomic E-state index is 0.177. The van der Waals surface area contributed by atoms with Gasteiger partial charge in [-0.2, -0.15) is 0 Å². The molecule has 0 fully saturated rings. The van der Waals surface area contributed by atoms with Gasteiger partial charge in [-0.05, 0) is 37.1 Å². The molecule has 0 saturated carbocycles. The maximum Gasteiger partial charge on any atom is 0.214 e. The molecule has 23 heavy (non-hydrogen) atoms. The van der Waals surface area contributed by atoms with E-state index < -0.39 is 0 Å². The molecule has 1 nitrogen and oxygen atoms in total. The number of benzene rings is 2. The monoisotopic (exact) mass is 322 g/mol. The van der Waals surface area contributed by atoms with Gasteiger partial charge in [0.05, 0.1) is 5.56 Å². The van der Waals surface area contributed by atoms with Crippen molar-refractivity contribution >= 4 is 31.5 Å². The Kier molecular flexibility index (Phi) is 3.20. The van der Waals surface area contributed by atoms with Crippen molar-refractivity contribution in [3.8, 4) is 11.3 Å². The number of hydrogen-bond acceptors (Lipinski definition) is 1. The Balaban J connectivity index is 2.15. The van der Waals surface area contributed by atoms with Crippen molar-refractivity contribution in [1.82, 2.24) is 0 Å². The summed E-state index contributed by atoms with van der Waals surface area (Å²) in [6.45, 7) is 4.25. The Hall–Kier alpha value is -2.26. The average Bonchev–Trinajstić information content (AvgIpc) is 2.87. The van der Waals surface area contributed by atoms with Crippen molar-refractivity contribution in [2.24, 2.45) is 7.05 Å². The zero-order valence-corrected chi connectivity index (χ0v) is 14.2. The molecule has 0 aliphatic rings. The van der Waals surface area contributed by atoms with Gasteiger partial charge in [-0.25, -0.2) is 8.96 Å². The van der Waals surface area contributed by atoms with Crippen LogP contribution >= 0.6 is 11.3 Å². The van der Waals surface area contributed by atoms with E-state index in [0.29, 0.717) is 0 Å². The van der Waals surface area contributed by atoms with Gasteiger partial charge in [0.25, 0.3) is 0 Å². The molecule has 114 valence electrons. The number of aryl methyl sites for hydroxylation is 3. The Morgan fingerprint density at radius 1 is 0.957 bits per heavy atom. The van der Waals surface area contributed by atoms with Crippen LogP contribution in [0.5, 0.6) is 0 Å². The first kappa shape index (κ1) is 14.3. The molecule has 0 amide bonds. The molecule has 0 bridgehead atoms. The molecule has 4 aromatic rings. The smallest absolute Gasteiger partial charge is 0.207 e. The lowest BCUT2D eigenvalue weighted by atomic mass is 10.0. The van der Waals surface area contributed by atoms with Crippen molar-refractivity contribution in [3.05, 3.63) is 65.6 Å². The van der Waals surface area contributed by atoms with E-state index in [4.69, 9.17) is 0 Å². The van der Waals surface area contributed by atoms with Crippen LogP contribution in [0.15, 0.2) is 48.7 Å². The molecule has 0 spiro atoms. The number of aromatic nitrogens is 1. The molecule has 0 atom stereocenters. The molecular formula is C20H17FNS+. The van der Waals surface area contributed by atoms with Gasteiger partial charge in [-0.1, -0.05) is 18.2 Å². The van der Waals surface area contributed by atoms with Gasteiger partial charge in [-0.3, -0.25) is 0 Å². The van der Waals surface area contributed by atoms with Crippen molar-refractivity contribution in [2.75, 3.05) is 0 Å². The summed E-state index contributed by atoms with van der Waals surface area (Å²) >= 11 is 1.67. The fourth-order valence-corrected chi connectivity index (χ4v) is 4.49. The molecule has 0 N–H and O–H groups in total. The largest absolute Gasteiger partial charge is 0.214 e. The quantitative estimate of drug-likeness (QED) is 0.419. The molecule has 2 heterocycles. The van der Waals surface area contributed by atoms with Crippen LogP contribution in [-0.2, 0) is 7.05 Å². The predicted octanol–water partition coefficient (Wildman–Crippen LogP) is 5.30. The van der Waals surface area contributed by atoms with E-state index in [1.165, 1.54) is 32.5 Å². The molecule has 0 radical (unpaired) electrons. The molecular weight excluding hydrogens is 305 g/mol. The van der Waals surface area contributed by atoms with Crippen LogP contribution in [0.25, 0.3) is 31.4 Å². The standard InChI is InChI=1S/C20H17FNS/c1-12-8-9-22(3)17(10-12)19-13(2)4-6-16-15-7-5-14(21)11-18(15)23-20(16)19/h4-11H,1-3H3/q+1. The number of hydrogen-bond donors (Lipinski definition) is 0. The zero-order chi connectivity index (χ0) is 16.1. The number of fused-ring (bicyclic) bond motifs is 3. The van der Waals surface area contributed by atoms with Crippen molar-refractivity contribution in [1.29, 1.82) is 0 Å². The lowest BCUT2D eigenvalue weighted by Gasteiger charge is -2.07. The summed E-state index contributed by atoms with van der Waals surface area (Å²) in [6.07, 6.45) is 2.09. The van der Waals surface area contributed by atoms with E-state index in [9.17, 15) is 4.39 Å². The summed E-state index contributed by atoms with van der Waals surface area (Å²) < 4.78 is 18.0. The third-order valence-electron chi connectivity index (χ3n) is 4.37. The number of pyridine rings is 1. The summed E-state index contributed by atoms with van der Waals surface area (Å²) in [6, 6.07) is 13.7. The highest BCUT2D eigenvalue weighted by Gasteiger charge is 2.19. The summed E-state index contributed by atoms with van der Waals surface area (Å²) in [5, 5.41) is 2.33. The lowest BCUT2D eigenvalue weighted by Crippen LogP contribution is -2.30. The highest BCUT2D eigenvalue weighted by Crippen LogP contribution is 2.40. The van der Waals surface area contributed by atoms with Crippen molar-refractivity contribution in [3.63, 3.8) is 0 Å². The maximum absolute atomic E-state index is 13.6. The van der Waals surface area contributed by atoms with Gasteiger partial charge in [0.1, 0.15) is 12.9 Å². The highest BCUT2D eigenvalue weighted by molar-refractivity contribution is 7.26. The number of halogens is 1. The predicted molar refractivity (Wildman–Crippen MR) is 95.4 cm³/mol. The molecule has 3 heteroatoms. The summed E-state index contributed by atoms with van der Waals surface area (Å²) in [5.41, 5.74) is 4.92. The van der Waals surface area contributed by atoms with E-state index in [-0.39, 0.29) is 5.82 Å². The third-order valence-corrected chi connectivity index (χ3v) is 5.56. The van der Waals surface area contributed by atoms with Crippen LogP contribution in [-0.4, -0.2) is 0 Å². The number of rotatable bonds is 1. The Morgan fingerprint density at radius 2 is 1.74 bits per heavy atom. The Morgan fingerprint density at radius 3 is 2.57 bits per heavy atom. The van der Waals surface area contributed by atoms with Crippen LogP contribution in [0.1, 0.15) is 11.1 Å². The molecule has 0 saturated heterocycles. The van der Waals surface area contributed by atoms with Crippen molar-refractivity contribution in [2.45, 2.75) is 13.8 Å². The van der Waals surface area contributed by atoms with E-state index >= 15 is 0 Å². The summed E-state index contributed by atoms with van der Waals surface area (Å²) in [7, 11) is 2.07. The van der Waals surface area contributed by atoms with E-state index in [0.717, 1.165) is 10.1 Å². The first-order chi connectivity index (χ1) is 11.0. The fourth-order valence-electron chi connectivity index (χ4n) is 3.15. The minimum Gasteiger partial charge on any atom is -0.207 e. The van der Waals surface area contributed by atoms with Gasteiger partial charge in [0, 0.05) is 32.3 Å². The molecule has 2 aromatic heterocycles. The summed E-state index contributed by atoms with van der Waals surface area (Å²) in [4.78, 5) is 0. The third kappa shape index (κ3) is 2.23. The van der Waals surface area contributed by atoms with Crippen molar-refractivity contribution < 1.29 is 8.96 Å². The van der Waals surface area contributed by atoms with E-state index in [1.807, 2.05) is 6.07 Å². The van der Waals surface area contributed by atoms with Crippen LogP contribution in [0, 0.1) is 19.7 Å². The fraction of sp³-hybridized carbons (Fsp3) is 0.150. The first-order valence-electron chi connectivity index (χ1n) is 7.62. The second-order valence-corrected chi connectivity index (χ2v) is 7.13. The van der Waals surface area contributed by atoms with Gasteiger partial charge < -0.3 is 0 Å². The van der Waals surface area contributed by atoms with Gasteiger partial charge in [0.2, 0.25) is 5.69 Å². The maximum atomic E-state index is 13.6. The second kappa shape index (κ2) is 5.14. The normalized spacial score (nSPS) is 11.5. The van der Waals surface area contributed by atoms with E-state index in [2.05, 4.69) is 55.9 Å². The van der Waals surface area contributed by atoms with Crippen LogP contribution in [0.3, 0.4) is 0 Å². The summed E-state index contributed by atoms with van der Waals surface area (Å²) in [5.74, 6) is -0.177. The van der Waals surface area contributed by atoms with Gasteiger partial charge in [-0.15, -0.1) is 11.3 Å². The highest BCUT2D eigenvalue weighted by atomic mass is 32.1. The average molecular weight is 322 g/mol. The van der Waals surface area contributed by atoms with Gasteiger partial charge >= 0.3 is 0 Å². The zero-order valence-electron chi connectivity index (χ0n) is 13.4. The molecule has 0 unspecified atom stereocenters. The number of thiophene rings is 1. The molecule has 4 rings (SSSR count). The SMILES string of the molecule is Cc1cc[n+](C)c(-c2c(C)ccc3c2sc2cc(F)ccc23)c1. The molecule has 0 aliphatic heterocycles. The first-order valence-corrected chi connectivity index (χ1v) is 8.44.